The molecular weight excluding hydrogens is 532 g/mol. The third-order valence-electron chi connectivity index (χ3n) is 6.45. The van der Waals surface area contributed by atoms with Gasteiger partial charge in [-0.3, -0.25) is 9.59 Å². The summed E-state index contributed by atoms with van der Waals surface area (Å²) in [5, 5.41) is 13.6. The van der Waals surface area contributed by atoms with E-state index in [2.05, 4.69) is 33.2 Å². The Morgan fingerprint density at radius 2 is 1.94 bits per heavy atom. The van der Waals surface area contributed by atoms with Gasteiger partial charge in [-0.1, -0.05) is 65.5 Å². The number of methoxy groups -OCH3 is 1. The van der Waals surface area contributed by atoms with E-state index in [1.165, 1.54) is 0 Å². The Balaban J connectivity index is 2.05. The SMILES string of the molecule is CCCCC(CCC(=O)O)(CNC(=O)c1c(C)c(Cl)nc2ccc(Br)cc12)c1ccccc1OC. The molecule has 0 aliphatic rings. The average molecular weight is 562 g/mol. The molecule has 0 aliphatic carbocycles. The van der Waals surface area contributed by atoms with Crippen molar-refractivity contribution in [2.75, 3.05) is 13.7 Å². The zero-order chi connectivity index (χ0) is 25.6. The molecule has 0 saturated heterocycles. The Hall–Kier alpha value is -2.64. The van der Waals surface area contributed by atoms with Gasteiger partial charge in [0, 0.05) is 33.8 Å². The number of fused-ring (bicyclic) bond motifs is 1. The molecule has 0 aliphatic heterocycles. The average Bonchev–Trinajstić information content (AvgIpc) is 2.84. The molecule has 186 valence electrons. The second kappa shape index (κ2) is 11.9. The zero-order valence-corrected chi connectivity index (χ0v) is 22.5. The van der Waals surface area contributed by atoms with Crippen LogP contribution in [0.3, 0.4) is 0 Å². The maximum absolute atomic E-state index is 13.6. The lowest BCUT2D eigenvalue weighted by molar-refractivity contribution is -0.137. The second-order valence-electron chi connectivity index (χ2n) is 8.72. The minimum Gasteiger partial charge on any atom is -0.496 e. The molecule has 2 aromatic carbocycles. The van der Waals surface area contributed by atoms with E-state index >= 15 is 0 Å². The summed E-state index contributed by atoms with van der Waals surface area (Å²) in [5.74, 6) is -0.471. The van der Waals surface area contributed by atoms with E-state index in [0.717, 1.165) is 22.9 Å². The molecule has 0 saturated carbocycles. The molecule has 8 heteroatoms. The fourth-order valence-electron chi connectivity index (χ4n) is 4.54. The van der Waals surface area contributed by atoms with E-state index in [-0.39, 0.29) is 24.0 Å². The molecule has 0 spiro atoms. The number of amides is 1. The number of nitrogens with zero attached hydrogens (tertiary/aromatic N) is 1. The first kappa shape index (κ1) is 27.0. The van der Waals surface area contributed by atoms with Crippen LogP contribution in [0.2, 0.25) is 5.15 Å². The first-order valence-corrected chi connectivity index (χ1v) is 12.8. The highest BCUT2D eigenvalue weighted by atomic mass is 79.9. The van der Waals surface area contributed by atoms with Gasteiger partial charge in [0.15, 0.2) is 0 Å². The number of para-hydroxylation sites is 1. The number of ether oxygens (including phenoxy) is 1. The number of aliphatic carboxylic acids is 1. The maximum Gasteiger partial charge on any atom is 0.303 e. The van der Waals surface area contributed by atoms with Crippen LogP contribution in [0, 0.1) is 6.92 Å². The summed E-state index contributed by atoms with van der Waals surface area (Å²) < 4.78 is 6.47. The van der Waals surface area contributed by atoms with Gasteiger partial charge < -0.3 is 15.2 Å². The number of rotatable bonds is 11. The molecule has 0 bridgehead atoms. The molecule has 1 atom stereocenters. The lowest BCUT2D eigenvalue weighted by Gasteiger charge is -2.36. The molecule has 2 N–H and O–H groups in total. The van der Waals surface area contributed by atoms with Gasteiger partial charge in [-0.25, -0.2) is 4.98 Å². The topological polar surface area (TPSA) is 88.5 Å². The predicted molar refractivity (Wildman–Crippen MR) is 143 cm³/mol. The van der Waals surface area contributed by atoms with Crippen LogP contribution in [0.15, 0.2) is 46.9 Å². The monoisotopic (exact) mass is 560 g/mol. The Kier molecular flexibility index (Phi) is 9.14. The number of hydrogen-bond acceptors (Lipinski definition) is 4. The van der Waals surface area contributed by atoms with Crippen LogP contribution in [0.25, 0.3) is 10.9 Å². The predicted octanol–water partition coefficient (Wildman–Crippen LogP) is 6.69. The number of benzene rings is 2. The van der Waals surface area contributed by atoms with Gasteiger partial charge in [-0.15, -0.1) is 0 Å². The summed E-state index contributed by atoms with van der Waals surface area (Å²) in [6, 6.07) is 13.2. The van der Waals surface area contributed by atoms with Crippen molar-refractivity contribution in [1.29, 1.82) is 0 Å². The van der Waals surface area contributed by atoms with Crippen molar-refractivity contribution in [2.45, 2.75) is 51.4 Å². The second-order valence-corrected chi connectivity index (χ2v) is 10.00. The van der Waals surface area contributed by atoms with Gasteiger partial charge in [0.2, 0.25) is 0 Å². The number of halogens is 2. The summed E-state index contributed by atoms with van der Waals surface area (Å²) in [6.07, 6.45) is 2.87. The molecular formula is C27H30BrClN2O4. The number of carboxylic acids is 1. The normalized spacial score (nSPS) is 12.8. The number of aromatic nitrogens is 1. The van der Waals surface area contributed by atoms with Crippen molar-refractivity contribution in [2.24, 2.45) is 0 Å². The van der Waals surface area contributed by atoms with E-state index in [1.807, 2.05) is 42.5 Å². The van der Waals surface area contributed by atoms with Gasteiger partial charge in [0.05, 0.1) is 18.2 Å². The molecule has 0 radical (unpaired) electrons. The Bertz CT molecular complexity index is 1230. The van der Waals surface area contributed by atoms with Gasteiger partial charge >= 0.3 is 5.97 Å². The van der Waals surface area contributed by atoms with Crippen LogP contribution in [0.5, 0.6) is 5.75 Å². The molecule has 35 heavy (non-hydrogen) atoms. The van der Waals surface area contributed by atoms with Crippen molar-refractivity contribution in [1.82, 2.24) is 10.3 Å². The van der Waals surface area contributed by atoms with E-state index in [9.17, 15) is 14.7 Å². The highest BCUT2D eigenvalue weighted by Gasteiger charge is 2.35. The van der Waals surface area contributed by atoms with E-state index in [4.69, 9.17) is 16.3 Å². The number of carboxylic acid groups (broad SMARTS) is 1. The quantitative estimate of drug-likeness (QED) is 0.255. The Morgan fingerprint density at radius 3 is 2.63 bits per heavy atom. The van der Waals surface area contributed by atoms with E-state index in [1.54, 1.807) is 14.0 Å². The molecule has 3 aromatic rings. The molecule has 1 unspecified atom stereocenters. The van der Waals surface area contributed by atoms with Gasteiger partial charge in [-0.05, 0) is 49.6 Å². The van der Waals surface area contributed by atoms with Gasteiger partial charge in [0.25, 0.3) is 5.91 Å². The van der Waals surface area contributed by atoms with Crippen LogP contribution in [0.1, 0.15) is 60.5 Å². The molecule has 3 rings (SSSR count). The van der Waals surface area contributed by atoms with Gasteiger partial charge in [-0.2, -0.15) is 0 Å². The lowest BCUT2D eigenvalue weighted by atomic mass is 9.72. The standard InChI is InChI=1S/C27H30BrClN2O4/c1-4-5-13-27(14-12-23(32)33,20-8-6-7-9-22(20)35-3)16-30-26(34)24-17(2)25(29)31-21-11-10-18(28)15-19(21)24/h6-11,15H,4-5,12-14,16H2,1-3H3,(H,30,34)(H,32,33). The van der Waals surface area contributed by atoms with Crippen LogP contribution in [-0.4, -0.2) is 35.6 Å². The first-order valence-electron chi connectivity index (χ1n) is 11.6. The van der Waals surface area contributed by atoms with E-state index in [0.29, 0.717) is 40.6 Å². The smallest absolute Gasteiger partial charge is 0.303 e. The largest absolute Gasteiger partial charge is 0.496 e. The van der Waals surface area contributed by atoms with Crippen LogP contribution >= 0.6 is 27.5 Å². The lowest BCUT2D eigenvalue weighted by Crippen LogP contribution is -2.42. The number of carbonyl (C=O) groups excluding carboxylic acids is 1. The third-order valence-corrected chi connectivity index (χ3v) is 7.31. The fraction of sp³-hybridized carbons (Fsp3) is 0.370. The third kappa shape index (κ3) is 6.14. The Morgan fingerprint density at radius 1 is 1.20 bits per heavy atom. The summed E-state index contributed by atoms with van der Waals surface area (Å²) >= 11 is 9.85. The minimum absolute atomic E-state index is 0.0202. The zero-order valence-electron chi connectivity index (χ0n) is 20.2. The summed E-state index contributed by atoms with van der Waals surface area (Å²) in [5.41, 5.74) is 1.97. The fourth-order valence-corrected chi connectivity index (χ4v) is 5.09. The van der Waals surface area contributed by atoms with Crippen molar-refractivity contribution in [3.8, 4) is 5.75 Å². The van der Waals surface area contributed by atoms with Crippen molar-refractivity contribution < 1.29 is 19.4 Å². The van der Waals surface area contributed by atoms with Crippen LogP contribution < -0.4 is 10.1 Å². The summed E-state index contributed by atoms with van der Waals surface area (Å²) in [6.45, 7) is 4.13. The van der Waals surface area contributed by atoms with E-state index < -0.39 is 11.4 Å². The Labute approximate surface area is 219 Å². The number of unbranched alkanes of at least 4 members (excludes halogenated alkanes) is 1. The van der Waals surface area contributed by atoms with Crippen molar-refractivity contribution >= 4 is 50.3 Å². The molecule has 0 fully saturated rings. The van der Waals surface area contributed by atoms with Crippen LogP contribution in [-0.2, 0) is 10.2 Å². The van der Waals surface area contributed by atoms with Crippen molar-refractivity contribution in [3.05, 3.63) is 68.8 Å². The highest BCUT2D eigenvalue weighted by molar-refractivity contribution is 9.10. The highest BCUT2D eigenvalue weighted by Crippen LogP contribution is 2.40. The molecule has 1 aromatic heterocycles. The number of hydrogen-bond donors (Lipinski definition) is 2. The van der Waals surface area contributed by atoms with Crippen LogP contribution in [0.4, 0.5) is 0 Å². The molecule has 1 heterocycles. The summed E-state index contributed by atoms with van der Waals surface area (Å²) in [7, 11) is 1.60. The molecule has 1 amide bonds. The summed E-state index contributed by atoms with van der Waals surface area (Å²) in [4.78, 5) is 29.6. The molecule has 6 nitrogen and oxygen atoms in total. The van der Waals surface area contributed by atoms with Gasteiger partial charge in [0.1, 0.15) is 10.9 Å². The minimum atomic E-state index is -0.875. The number of pyridine rings is 1. The number of carbonyl (C=O) groups is 2. The van der Waals surface area contributed by atoms with Crippen molar-refractivity contribution in [3.63, 3.8) is 0 Å². The maximum atomic E-state index is 13.6. The first-order chi connectivity index (χ1) is 16.7. The number of nitrogens with one attached hydrogen (secondary N) is 1.